The van der Waals surface area contributed by atoms with Gasteiger partial charge in [0.25, 0.3) is 5.69 Å². The summed E-state index contributed by atoms with van der Waals surface area (Å²) in [6.45, 7) is 0. The Balaban J connectivity index is 2.25. The highest BCUT2D eigenvalue weighted by Gasteiger charge is 2.33. The summed E-state index contributed by atoms with van der Waals surface area (Å²) in [5, 5.41) is 16.9. The summed E-state index contributed by atoms with van der Waals surface area (Å²) >= 11 is 0. The molecule has 0 atom stereocenters. The van der Waals surface area contributed by atoms with Gasteiger partial charge in [0.2, 0.25) is 5.88 Å². The Morgan fingerprint density at radius 1 is 1.14 bits per heavy atom. The lowest BCUT2D eigenvalue weighted by molar-refractivity contribution is -0.384. The quantitative estimate of drug-likeness (QED) is 0.636. The van der Waals surface area contributed by atoms with Gasteiger partial charge in [0.15, 0.2) is 17.2 Å². The van der Waals surface area contributed by atoms with Crippen molar-refractivity contribution in [3.63, 3.8) is 0 Å². The molecule has 1 heterocycles. The number of alkyl halides is 3. The number of methoxy groups -OCH3 is 1. The summed E-state index contributed by atoms with van der Waals surface area (Å²) in [5.41, 5.74) is -1.38. The van der Waals surface area contributed by atoms with Crippen LogP contribution in [-0.2, 0) is 6.18 Å². The molecule has 116 valence electrons. The van der Waals surface area contributed by atoms with Crippen LogP contribution in [0.2, 0.25) is 0 Å². The van der Waals surface area contributed by atoms with E-state index in [1.807, 2.05) is 0 Å². The van der Waals surface area contributed by atoms with E-state index in [9.17, 15) is 23.3 Å². The molecule has 0 aliphatic rings. The van der Waals surface area contributed by atoms with Crippen LogP contribution in [0.1, 0.15) is 5.69 Å². The van der Waals surface area contributed by atoms with E-state index >= 15 is 0 Å². The van der Waals surface area contributed by atoms with Crippen LogP contribution < -0.4 is 9.47 Å². The zero-order valence-corrected chi connectivity index (χ0v) is 11.0. The maximum Gasteiger partial charge on any atom is 0.435 e. The molecule has 7 nitrogen and oxygen atoms in total. The SMILES string of the molecule is COc1cc([N+](=O)[O-])ccc1Oc1ccc(C(F)(F)F)nn1. The van der Waals surface area contributed by atoms with Gasteiger partial charge in [0.05, 0.1) is 18.1 Å². The summed E-state index contributed by atoms with van der Waals surface area (Å²) in [4.78, 5) is 10.0. The summed E-state index contributed by atoms with van der Waals surface area (Å²) in [6.07, 6.45) is -4.60. The molecule has 0 aliphatic carbocycles. The van der Waals surface area contributed by atoms with Crippen LogP contribution in [0.5, 0.6) is 17.4 Å². The topological polar surface area (TPSA) is 87.4 Å². The molecule has 0 bridgehead atoms. The molecule has 0 unspecified atom stereocenters. The number of nitro benzene ring substituents is 1. The molecule has 10 heteroatoms. The lowest BCUT2D eigenvalue weighted by atomic mass is 10.3. The Kier molecular flexibility index (Phi) is 4.11. The number of benzene rings is 1. The van der Waals surface area contributed by atoms with Gasteiger partial charge in [-0.25, -0.2) is 0 Å². The second-order valence-corrected chi connectivity index (χ2v) is 3.95. The molecule has 0 saturated heterocycles. The lowest BCUT2D eigenvalue weighted by Gasteiger charge is -2.09. The standard InChI is InChI=1S/C12H8F3N3O4/c1-21-9-6-7(18(19)20)2-3-8(9)22-11-5-4-10(16-17-11)12(13,14)15/h2-6H,1H3. The maximum absolute atomic E-state index is 12.4. The Morgan fingerprint density at radius 3 is 2.36 bits per heavy atom. The number of nitro groups is 1. The zero-order chi connectivity index (χ0) is 16.3. The monoisotopic (exact) mass is 315 g/mol. The van der Waals surface area contributed by atoms with E-state index in [1.165, 1.54) is 13.2 Å². The van der Waals surface area contributed by atoms with Gasteiger partial charge in [-0.05, 0) is 12.1 Å². The zero-order valence-electron chi connectivity index (χ0n) is 11.0. The van der Waals surface area contributed by atoms with Crippen LogP contribution in [0.15, 0.2) is 30.3 Å². The van der Waals surface area contributed by atoms with Crippen LogP contribution in [0, 0.1) is 10.1 Å². The van der Waals surface area contributed by atoms with Gasteiger partial charge in [-0.15, -0.1) is 10.2 Å². The minimum absolute atomic E-state index is 0.0379. The molecule has 0 aliphatic heterocycles. The first-order valence-electron chi connectivity index (χ1n) is 5.72. The molecular weight excluding hydrogens is 307 g/mol. The average molecular weight is 315 g/mol. The van der Waals surface area contributed by atoms with Crippen LogP contribution in [0.3, 0.4) is 0 Å². The van der Waals surface area contributed by atoms with E-state index in [0.29, 0.717) is 6.07 Å². The number of nitrogens with zero attached hydrogens (tertiary/aromatic N) is 3. The van der Waals surface area contributed by atoms with Crippen molar-refractivity contribution in [2.24, 2.45) is 0 Å². The minimum atomic E-state index is -4.60. The number of hydrogen-bond acceptors (Lipinski definition) is 6. The average Bonchev–Trinajstić information content (AvgIpc) is 2.47. The number of rotatable bonds is 4. The Hall–Kier alpha value is -2.91. The third-order valence-corrected chi connectivity index (χ3v) is 2.50. The number of non-ortho nitro benzene ring substituents is 1. The Bertz CT molecular complexity index is 689. The molecule has 0 N–H and O–H groups in total. The van der Waals surface area contributed by atoms with Gasteiger partial charge in [-0.1, -0.05) is 0 Å². The van der Waals surface area contributed by atoms with Crippen molar-refractivity contribution >= 4 is 5.69 Å². The number of hydrogen-bond donors (Lipinski definition) is 0. The van der Waals surface area contributed by atoms with E-state index in [0.717, 1.165) is 18.2 Å². The molecule has 0 amide bonds. The third-order valence-electron chi connectivity index (χ3n) is 2.50. The van der Waals surface area contributed by atoms with Gasteiger partial charge in [0, 0.05) is 12.1 Å². The second-order valence-electron chi connectivity index (χ2n) is 3.95. The fourth-order valence-corrected chi connectivity index (χ4v) is 1.49. The first-order chi connectivity index (χ1) is 10.3. The minimum Gasteiger partial charge on any atom is -0.493 e. The largest absolute Gasteiger partial charge is 0.493 e. The van der Waals surface area contributed by atoms with Gasteiger partial charge < -0.3 is 9.47 Å². The Labute approximate surface area is 121 Å². The van der Waals surface area contributed by atoms with Crippen LogP contribution in [0.4, 0.5) is 18.9 Å². The number of halogens is 3. The molecule has 0 fully saturated rings. The molecule has 0 radical (unpaired) electrons. The summed E-state index contributed by atoms with van der Waals surface area (Å²) in [5.74, 6) is -0.113. The van der Waals surface area contributed by atoms with Crippen molar-refractivity contribution in [2.75, 3.05) is 7.11 Å². The summed E-state index contributed by atoms with van der Waals surface area (Å²) in [7, 11) is 1.27. The van der Waals surface area contributed by atoms with Crippen molar-refractivity contribution in [2.45, 2.75) is 6.18 Å². The Morgan fingerprint density at radius 2 is 1.86 bits per heavy atom. The van der Waals surface area contributed by atoms with Gasteiger partial charge in [0.1, 0.15) is 0 Å². The van der Waals surface area contributed by atoms with Crippen LogP contribution >= 0.6 is 0 Å². The molecule has 22 heavy (non-hydrogen) atoms. The van der Waals surface area contributed by atoms with Crippen molar-refractivity contribution in [3.05, 3.63) is 46.1 Å². The van der Waals surface area contributed by atoms with E-state index in [1.54, 1.807) is 0 Å². The molecule has 0 spiro atoms. The molecule has 1 aromatic carbocycles. The molecule has 2 aromatic rings. The smallest absolute Gasteiger partial charge is 0.435 e. The van der Waals surface area contributed by atoms with E-state index in [-0.39, 0.29) is 23.1 Å². The van der Waals surface area contributed by atoms with E-state index < -0.39 is 16.8 Å². The fraction of sp³-hybridized carbons (Fsp3) is 0.167. The summed E-state index contributed by atoms with van der Waals surface area (Å²) in [6, 6.07) is 5.22. The van der Waals surface area contributed by atoms with E-state index in [2.05, 4.69) is 10.2 Å². The number of aromatic nitrogens is 2. The molecule has 2 rings (SSSR count). The van der Waals surface area contributed by atoms with Crippen molar-refractivity contribution in [1.29, 1.82) is 0 Å². The van der Waals surface area contributed by atoms with Gasteiger partial charge >= 0.3 is 6.18 Å². The predicted octanol–water partition coefficient (Wildman–Crippen LogP) is 3.20. The number of ether oxygens (including phenoxy) is 2. The van der Waals surface area contributed by atoms with Crippen molar-refractivity contribution in [1.82, 2.24) is 10.2 Å². The molecule has 1 aromatic heterocycles. The lowest BCUT2D eigenvalue weighted by Crippen LogP contribution is -2.08. The highest BCUT2D eigenvalue weighted by Crippen LogP contribution is 2.34. The van der Waals surface area contributed by atoms with Crippen LogP contribution in [0.25, 0.3) is 0 Å². The second kappa shape index (κ2) is 5.84. The maximum atomic E-state index is 12.4. The van der Waals surface area contributed by atoms with Crippen molar-refractivity contribution < 1.29 is 27.6 Å². The highest BCUT2D eigenvalue weighted by molar-refractivity contribution is 5.49. The summed E-state index contributed by atoms with van der Waals surface area (Å²) < 4.78 is 47.2. The van der Waals surface area contributed by atoms with Crippen LogP contribution in [-0.4, -0.2) is 22.2 Å². The molecule has 0 saturated carbocycles. The third kappa shape index (κ3) is 3.40. The van der Waals surface area contributed by atoms with Crippen molar-refractivity contribution in [3.8, 4) is 17.4 Å². The highest BCUT2D eigenvalue weighted by atomic mass is 19.4. The first-order valence-corrected chi connectivity index (χ1v) is 5.72. The molecular formula is C12H8F3N3O4. The normalized spacial score (nSPS) is 11.1. The van der Waals surface area contributed by atoms with Gasteiger partial charge in [-0.2, -0.15) is 13.2 Å². The van der Waals surface area contributed by atoms with E-state index in [4.69, 9.17) is 9.47 Å². The fourth-order valence-electron chi connectivity index (χ4n) is 1.49. The predicted molar refractivity (Wildman–Crippen MR) is 66.8 cm³/mol. The van der Waals surface area contributed by atoms with Gasteiger partial charge in [-0.3, -0.25) is 10.1 Å². The first kappa shape index (κ1) is 15.5.